The molecule has 0 aliphatic heterocycles. The van der Waals surface area contributed by atoms with E-state index in [2.05, 4.69) is 15.1 Å². The number of nitrogens with zero attached hydrogens (tertiary/aromatic N) is 4. The van der Waals surface area contributed by atoms with E-state index in [1.807, 2.05) is 69.2 Å². The number of aryl methyl sites for hydroxylation is 2. The number of rotatable bonds is 6. The predicted molar refractivity (Wildman–Crippen MR) is 88.1 cm³/mol. The maximum absolute atomic E-state index is 5.46. The van der Waals surface area contributed by atoms with Crippen molar-refractivity contribution in [3.63, 3.8) is 0 Å². The van der Waals surface area contributed by atoms with Crippen molar-refractivity contribution in [3.05, 3.63) is 59.2 Å². The van der Waals surface area contributed by atoms with Crippen LogP contribution in [0.3, 0.4) is 0 Å². The van der Waals surface area contributed by atoms with Gasteiger partial charge in [0.1, 0.15) is 6.61 Å². The largest absolute Gasteiger partial charge is 0.394 e. The monoisotopic (exact) mass is 298 g/mol. The Hall–Kier alpha value is -2.27. The van der Waals surface area contributed by atoms with Crippen molar-refractivity contribution in [2.75, 3.05) is 27.2 Å². The minimum atomic E-state index is 0.522. The van der Waals surface area contributed by atoms with Crippen molar-refractivity contribution in [2.45, 2.75) is 13.8 Å². The number of aromatic nitrogens is 2. The Balaban J connectivity index is 2.31. The molecule has 0 spiro atoms. The van der Waals surface area contributed by atoms with E-state index in [1.165, 1.54) is 0 Å². The van der Waals surface area contributed by atoms with E-state index in [0.717, 1.165) is 23.5 Å². The Morgan fingerprint density at radius 1 is 1.09 bits per heavy atom. The van der Waals surface area contributed by atoms with Crippen LogP contribution in [0.2, 0.25) is 0 Å². The van der Waals surface area contributed by atoms with Crippen molar-refractivity contribution >= 4 is 5.71 Å². The normalized spacial score (nSPS) is 11.8. The summed E-state index contributed by atoms with van der Waals surface area (Å²) in [5.74, 6) is 0.591. The third kappa shape index (κ3) is 4.63. The average Bonchev–Trinajstić information content (AvgIpc) is 2.46. The van der Waals surface area contributed by atoms with E-state index >= 15 is 0 Å². The zero-order chi connectivity index (χ0) is 15.9. The van der Waals surface area contributed by atoms with Gasteiger partial charge in [-0.3, -0.25) is 0 Å². The van der Waals surface area contributed by atoms with E-state index in [4.69, 9.17) is 4.84 Å². The van der Waals surface area contributed by atoms with Crippen LogP contribution in [0.1, 0.15) is 22.8 Å². The highest BCUT2D eigenvalue weighted by Crippen LogP contribution is 2.09. The summed E-state index contributed by atoms with van der Waals surface area (Å²) < 4.78 is 0. The molecular weight excluding hydrogens is 276 g/mol. The third-order valence-electron chi connectivity index (χ3n) is 3.03. The van der Waals surface area contributed by atoms with E-state index in [0.29, 0.717) is 18.1 Å². The molecule has 0 unspecified atom stereocenters. The Bertz CT molecular complexity index is 618. The van der Waals surface area contributed by atoms with E-state index in [-0.39, 0.29) is 0 Å². The summed E-state index contributed by atoms with van der Waals surface area (Å²) in [6, 6.07) is 11.8. The highest BCUT2D eigenvalue weighted by molar-refractivity contribution is 6.10. The SMILES string of the molecule is Cc1cc(C)nc(C(=NOCCN(C)C)c2ccccc2)n1. The average molecular weight is 298 g/mol. The van der Waals surface area contributed by atoms with Crippen LogP contribution in [-0.4, -0.2) is 47.8 Å². The molecule has 0 saturated carbocycles. The first-order chi connectivity index (χ1) is 10.6. The molecule has 2 rings (SSSR count). The Kier molecular flexibility index (Phi) is 5.61. The Morgan fingerprint density at radius 2 is 1.73 bits per heavy atom. The van der Waals surface area contributed by atoms with Gasteiger partial charge in [-0.2, -0.15) is 0 Å². The second-order valence-electron chi connectivity index (χ2n) is 5.42. The van der Waals surface area contributed by atoms with Crippen LogP contribution in [0.4, 0.5) is 0 Å². The van der Waals surface area contributed by atoms with Crippen LogP contribution < -0.4 is 0 Å². The van der Waals surface area contributed by atoms with Crippen LogP contribution >= 0.6 is 0 Å². The number of oxime groups is 1. The summed E-state index contributed by atoms with van der Waals surface area (Å²) in [4.78, 5) is 16.5. The molecule has 0 amide bonds. The molecule has 0 N–H and O–H groups in total. The smallest absolute Gasteiger partial charge is 0.182 e. The van der Waals surface area contributed by atoms with Crippen LogP contribution in [0.25, 0.3) is 0 Å². The van der Waals surface area contributed by atoms with Gasteiger partial charge in [0.05, 0.1) is 0 Å². The summed E-state index contributed by atoms with van der Waals surface area (Å²) in [5.41, 5.74) is 3.43. The maximum Gasteiger partial charge on any atom is 0.182 e. The molecule has 5 nitrogen and oxygen atoms in total. The predicted octanol–water partition coefficient (Wildman–Crippen LogP) is 2.42. The second kappa shape index (κ2) is 7.66. The molecule has 2 aromatic rings. The lowest BCUT2D eigenvalue weighted by atomic mass is 10.1. The number of benzene rings is 1. The van der Waals surface area contributed by atoms with Gasteiger partial charge in [0.15, 0.2) is 11.5 Å². The first-order valence-corrected chi connectivity index (χ1v) is 7.29. The van der Waals surface area contributed by atoms with Gasteiger partial charge >= 0.3 is 0 Å². The van der Waals surface area contributed by atoms with Gasteiger partial charge in [-0.15, -0.1) is 0 Å². The molecule has 0 aliphatic rings. The topological polar surface area (TPSA) is 50.6 Å². The molecule has 0 fully saturated rings. The van der Waals surface area contributed by atoms with Crippen molar-refractivity contribution in [2.24, 2.45) is 5.16 Å². The van der Waals surface area contributed by atoms with Gasteiger partial charge in [-0.05, 0) is 34.0 Å². The molecule has 1 aromatic heterocycles. The van der Waals surface area contributed by atoms with E-state index in [1.54, 1.807) is 0 Å². The Morgan fingerprint density at radius 3 is 2.32 bits per heavy atom. The van der Waals surface area contributed by atoms with Crippen molar-refractivity contribution in [1.29, 1.82) is 0 Å². The lowest BCUT2D eigenvalue weighted by Gasteiger charge is -2.10. The van der Waals surface area contributed by atoms with Gasteiger partial charge in [0.2, 0.25) is 0 Å². The fourth-order valence-corrected chi connectivity index (χ4v) is 1.98. The van der Waals surface area contributed by atoms with Crippen molar-refractivity contribution < 1.29 is 4.84 Å². The molecule has 0 radical (unpaired) electrons. The number of hydrogen-bond donors (Lipinski definition) is 0. The van der Waals surface area contributed by atoms with Crippen LogP contribution in [0.15, 0.2) is 41.6 Å². The molecule has 1 heterocycles. The van der Waals surface area contributed by atoms with Gasteiger partial charge in [0.25, 0.3) is 0 Å². The summed E-state index contributed by atoms with van der Waals surface area (Å²) in [6.07, 6.45) is 0. The molecule has 0 saturated heterocycles. The summed E-state index contributed by atoms with van der Waals surface area (Å²) in [6.45, 7) is 5.23. The molecule has 5 heteroatoms. The number of hydrogen-bond acceptors (Lipinski definition) is 5. The maximum atomic E-state index is 5.46. The quantitative estimate of drug-likeness (QED) is 0.467. The molecular formula is C17H22N4O. The summed E-state index contributed by atoms with van der Waals surface area (Å²) >= 11 is 0. The van der Waals surface area contributed by atoms with Crippen molar-refractivity contribution in [1.82, 2.24) is 14.9 Å². The molecule has 0 atom stereocenters. The Labute approximate surface area is 131 Å². The minimum Gasteiger partial charge on any atom is -0.394 e. The van der Waals surface area contributed by atoms with Crippen LogP contribution in [0.5, 0.6) is 0 Å². The lowest BCUT2D eigenvalue weighted by molar-refractivity contribution is 0.126. The van der Waals surface area contributed by atoms with Crippen LogP contribution in [0, 0.1) is 13.8 Å². The summed E-state index contributed by atoms with van der Waals surface area (Å²) in [7, 11) is 4.00. The summed E-state index contributed by atoms with van der Waals surface area (Å²) in [5, 5.41) is 4.28. The first-order valence-electron chi connectivity index (χ1n) is 7.29. The molecule has 0 aliphatic carbocycles. The highest BCUT2D eigenvalue weighted by Gasteiger charge is 2.12. The van der Waals surface area contributed by atoms with Gasteiger partial charge in [0, 0.05) is 23.5 Å². The van der Waals surface area contributed by atoms with E-state index < -0.39 is 0 Å². The van der Waals surface area contributed by atoms with E-state index in [9.17, 15) is 0 Å². The number of likely N-dealkylation sites (N-methyl/N-ethyl adjacent to an activating group) is 1. The van der Waals surface area contributed by atoms with Crippen LogP contribution in [-0.2, 0) is 4.84 Å². The molecule has 0 bridgehead atoms. The minimum absolute atomic E-state index is 0.522. The zero-order valence-corrected chi connectivity index (χ0v) is 13.6. The standard InChI is InChI=1S/C17H22N4O/c1-13-12-14(2)19-17(18-13)16(15-8-6-5-7-9-15)20-22-11-10-21(3)4/h5-9,12H,10-11H2,1-4H3. The fraction of sp³-hybridized carbons (Fsp3) is 0.353. The molecule has 22 heavy (non-hydrogen) atoms. The zero-order valence-electron chi connectivity index (χ0n) is 13.6. The molecule has 1 aromatic carbocycles. The van der Waals surface area contributed by atoms with Gasteiger partial charge < -0.3 is 9.74 Å². The lowest BCUT2D eigenvalue weighted by Crippen LogP contribution is -2.18. The van der Waals surface area contributed by atoms with Gasteiger partial charge in [-0.1, -0.05) is 35.5 Å². The first kappa shape index (κ1) is 16.1. The highest BCUT2D eigenvalue weighted by atomic mass is 16.6. The van der Waals surface area contributed by atoms with Gasteiger partial charge in [-0.25, -0.2) is 9.97 Å². The second-order valence-corrected chi connectivity index (χ2v) is 5.42. The molecule has 116 valence electrons. The van der Waals surface area contributed by atoms with Crippen molar-refractivity contribution in [3.8, 4) is 0 Å². The third-order valence-corrected chi connectivity index (χ3v) is 3.03. The fourth-order valence-electron chi connectivity index (χ4n) is 1.98.